The maximum absolute atomic E-state index is 12.9. The van der Waals surface area contributed by atoms with Gasteiger partial charge in [0.05, 0.1) is 29.1 Å². The first-order valence-corrected chi connectivity index (χ1v) is 10.4. The highest BCUT2D eigenvalue weighted by molar-refractivity contribution is 6.06. The van der Waals surface area contributed by atoms with E-state index in [1.54, 1.807) is 0 Å². The molecule has 158 valence electrons. The number of aromatic nitrogens is 3. The van der Waals surface area contributed by atoms with E-state index in [-0.39, 0.29) is 18.1 Å². The summed E-state index contributed by atoms with van der Waals surface area (Å²) >= 11 is 0. The largest absolute Gasteiger partial charge is 0.369 e. The fourth-order valence-electron chi connectivity index (χ4n) is 3.96. The Morgan fingerprint density at radius 3 is 2.87 bits per heavy atom. The van der Waals surface area contributed by atoms with Crippen LogP contribution < -0.4 is 5.32 Å². The molecule has 0 aliphatic carbocycles. The summed E-state index contributed by atoms with van der Waals surface area (Å²) in [6.07, 6.45) is 1.90. The Hall–Kier alpha value is -2.77. The fourth-order valence-corrected chi connectivity index (χ4v) is 3.96. The van der Waals surface area contributed by atoms with E-state index in [0.29, 0.717) is 12.2 Å². The zero-order valence-corrected chi connectivity index (χ0v) is 18.1. The van der Waals surface area contributed by atoms with Crippen LogP contribution in [0.5, 0.6) is 0 Å². The van der Waals surface area contributed by atoms with Crippen LogP contribution in [-0.2, 0) is 18.3 Å². The van der Waals surface area contributed by atoms with Gasteiger partial charge in [0.2, 0.25) is 0 Å². The first-order chi connectivity index (χ1) is 14.4. The average Bonchev–Trinajstić information content (AvgIpc) is 3.03. The van der Waals surface area contributed by atoms with Crippen molar-refractivity contribution in [3.63, 3.8) is 0 Å². The monoisotopic (exact) mass is 407 g/mol. The normalized spacial score (nSPS) is 17.6. The number of fused-ring (bicyclic) bond motifs is 1. The van der Waals surface area contributed by atoms with Crippen molar-refractivity contribution in [1.82, 2.24) is 25.0 Å². The Morgan fingerprint density at radius 2 is 2.13 bits per heavy atom. The van der Waals surface area contributed by atoms with Crippen LogP contribution in [0.15, 0.2) is 36.5 Å². The number of aryl methyl sites for hydroxylation is 2. The highest BCUT2D eigenvalue weighted by Gasteiger charge is 2.26. The molecule has 4 rings (SSSR count). The molecule has 1 aromatic carbocycles. The molecular formula is C23H29N5O2. The summed E-state index contributed by atoms with van der Waals surface area (Å²) in [6, 6.07) is 9.74. The van der Waals surface area contributed by atoms with Gasteiger partial charge in [-0.3, -0.25) is 14.4 Å². The zero-order chi connectivity index (χ0) is 21.3. The van der Waals surface area contributed by atoms with E-state index in [9.17, 15) is 4.79 Å². The predicted octanol–water partition coefficient (Wildman–Crippen LogP) is 2.99. The molecule has 1 amide bonds. The average molecular weight is 408 g/mol. The lowest BCUT2D eigenvalue weighted by molar-refractivity contribution is -0.0349. The van der Waals surface area contributed by atoms with Gasteiger partial charge in [-0.1, -0.05) is 18.2 Å². The van der Waals surface area contributed by atoms with Gasteiger partial charge in [-0.15, -0.1) is 0 Å². The summed E-state index contributed by atoms with van der Waals surface area (Å²) in [5, 5.41) is 8.31. The Bertz CT molecular complexity index is 1060. The molecule has 7 heteroatoms. The first-order valence-electron chi connectivity index (χ1n) is 10.4. The molecule has 1 fully saturated rings. The Labute approximate surface area is 177 Å². The number of morpholine rings is 1. The van der Waals surface area contributed by atoms with Crippen LogP contribution in [0, 0.1) is 6.92 Å². The first kappa shape index (κ1) is 20.5. The van der Waals surface area contributed by atoms with Gasteiger partial charge in [0, 0.05) is 49.9 Å². The van der Waals surface area contributed by atoms with Crippen molar-refractivity contribution >= 4 is 16.8 Å². The van der Waals surface area contributed by atoms with Crippen LogP contribution in [0.2, 0.25) is 0 Å². The second kappa shape index (κ2) is 8.53. The number of carbonyl (C=O) groups is 1. The van der Waals surface area contributed by atoms with Gasteiger partial charge < -0.3 is 10.1 Å². The number of benzene rings is 1. The van der Waals surface area contributed by atoms with Crippen LogP contribution in [-0.4, -0.2) is 51.3 Å². The summed E-state index contributed by atoms with van der Waals surface area (Å²) < 4.78 is 7.93. The summed E-state index contributed by atoms with van der Waals surface area (Å²) in [7, 11) is 1.95. The van der Waals surface area contributed by atoms with Gasteiger partial charge in [-0.05, 0) is 32.9 Å². The molecule has 0 saturated carbocycles. The third-order valence-corrected chi connectivity index (χ3v) is 5.39. The third kappa shape index (κ3) is 4.37. The summed E-state index contributed by atoms with van der Waals surface area (Å²) in [5.74, 6) is -0.0801. The SMILES string of the molecule is Cc1nn(C)cc1CN1CCO[C@H](c2cc(C(=O)NC(C)C)c3ccccc3n2)C1. The summed E-state index contributed by atoms with van der Waals surface area (Å²) in [5.41, 5.74) is 4.54. The van der Waals surface area contributed by atoms with Gasteiger partial charge in [0.1, 0.15) is 6.10 Å². The molecule has 3 heterocycles. The molecule has 2 aromatic heterocycles. The van der Waals surface area contributed by atoms with E-state index in [0.717, 1.165) is 41.9 Å². The van der Waals surface area contributed by atoms with Gasteiger partial charge in [0.15, 0.2) is 0 Å². The quantitative estimate of drug-likeness (QED) is 0.704. The molecule has 0 radical (unpaired) electrons. The lowest BCUT2D eigenvalue weighted by Crippen LogP contribution is -2.38. The molecule has 1 aliphatic heterocycles. The van der Waals surface area contributed by atoms with E-state index in [4.69, 9.17) is 9.72 Å². The third-order valence-electron chi connectivity index (χ3n) is 5.39. The number of rotatable bonds is 5. The van der Waals surface area contributed by atoms with Gasteiger partial charge >= 0.3 is 0 Å². The maximum Gasteiger partial charge on any atom is 0.252 e. The van der Waals surface area contributed by atoms with E-state index in [1.807, 2.05) is 62.8 Å². The van der Waals surface area contributed by atoms with Crippen molar-refractivity contribution in [1.29, 1.82) is 0 Å². The van der Waals surface area contributed by atoms with Crippen LogP contribution in [0.3, 0.4) is 0 Å². The minimum atomic E-state index is -0.175. The second-order valence-corrected chi connectivity index (χ2v) is 8.25. The Morgan fingerprint density at radius 1 is 1.33 bits per heavy atom. The minimum Gasteiger partial charge on any atom is -0.369 e. The number of nitrogens with one attached hydrogen (secondary N) is 1. The molecule has 30 heavy (non-hydrogen) atoms. The van der Waals surface area contributed by atoms with Crippen molar-refractivity contribution in [2.24, 2.45) is 7.05 Å². The van der Waals surface area contributed by atoms with E-state index >= 15 is 0 Å². The van der Waals surface area contributed by atoms with Gasteiger partial charge in [-0.2, -0.15) is 5.10 Å². The van der Waals surface area contributed by atoms with E-state index in [2.05, 4.69) is 21.5 Å². The van der Waals surface area contributed by atoms with Crippen molar-refractivity contribution in [3.05, 3.63) is 59.0 Å². The Kier molecular flexibility index (Phi) is 5.83. The number of nitrogens with zero attached hydrogens (tertiary/aromatic N) is 4. The molecule has 7 nitrogen and oxygen atoms in total. The highest BCUT2D eigenvalue weighted by Crippen LogP contribution is 2.27. The second-order valence-electron chi connectivity index (χ2n) is 8.25. The predicted molar refractivity (Wildman–Crippen MR) is 116 cm³/mol. The highest BCUT2D eigenvalue weighted by atomic mass is 16.5. The fraction of sp³-hybridized carbons (Fsp3) is 0.435. The number of para-hydroxylation sites is 1. The van der Waals surface area contributed by atoms with Crippen molar-refractivity contribution in [2.75, 3.05) is 19.7 Å². The molecule has 1 saturated heterocycles. The van der Waals surface area contributed by atoms with Crippen LogP contribution in [0.4, 0.5) is 0 Å². The van der Waals surface area contributed by atoms with Crippen LogP contribution in [0.1, 0.15) is 47.3 Å². The zero-order valence-electron chi connectivity index (χ0n) is 18.1. The molecular weight excluding hydrogens is 378 g/mol. The van der Waals surface area contributed by atoms with Crippen molar-refractivity contribution in [2.45, 2.75) is 39.5 Å². The molecule has 0 unspecified atom stereocenters. The lowest BCUT2D eigenvalue weighted by atomic mass is 10.0. The van der Waals surface area contributed by atoms with Crippen LogP contribution in [0.25, 0.3) is 10.9 Å². The van der Waals surface area contributed by atoms with Gasteiger partial charge in [-0.25, -0.2) is 4.98 Å². The maximum atomic E-state index is 12.9. The van der Waals surface area contributed by atoms with Crippen molar-refractivity contribution < 1.29 is 9.53 Å². The molecule has 0 bridgehead atoms. The number of carbonyl (C=O) groups excluding carboxylic acids is 1. The summed E-state index contributed by atoms with van der Waals surface area (Å²) in [6.45, 7) is 9.01. The lowest BCUT2D eigenvalue weighted by Gasteiger charge is -2.32. The standard InChI is InChI=1S/C23H29N5O2/c1-15(2)24-23(29)19-11-21(25-20-8-6-5-7-18(19)20)22-14-28(9-10-30-22)13-17-12-27(4)26-16(17)3/h5-8,11-12,15,22H,9-10,13-14H2,1-4H3,(H,24,29)/t22-/m0/s1. The number of ether oxygens (including phenoxy) is 1. The number of hydrogen-bond donors (Lipinski definition) is 1. The molecule has 1 aliphatic rings. The summed E-state index contributed by atoms with van der Waals surface area (Å²) in [4.78, 5) is 20.1. The molecule has 1 N–H and O–H groups in total. The van der Waals surface area contributed by atoms with Crippen LogP contribution >= 0.6 is 0 Å². The molecule has 3 aromatic rings. The number of pyridine rings is 1. The minimum absolute atomic E-state index is 0.0667. The number of amides is 1. The topological polar surface area (TPSA) is 72.3 Å². The molecule has 0 spiro atoms. The Balaban J connectivity index is 1.61. The smallest absolute Gasteiger partial charge is 0.252 e. The van der Waals surface area contributed by atoms with Crippen molar-refractivity contribution in [3.8, 4) is 0 Å². The number of hydrogen-bond acceptors (Lipinski definition) is 5. The van der Waals surface area contributed by atoms with E-state index in [1.165, 1.54) is 5.56 Å². The van der Waals surface area contributed by atoms with E-state index < -0.39 is 0 Å². The van der Waals surface area contributed by atoms with Gasteiger partial charge in [0.25, 0.3) is 5.91 Å². The molecule has 1 atom stereocenters.